The SMILES string of the molecule is CC(=NNC(=O)c1ccc(Br)o1)c1cccc(NC(=O)c2cccs2)c1. The predicted molar refractivity (Wildman–Crippen MR) is 105 cm³/mol. The largest absolute Gasteiger partial charge is 0.444 e. The smallest absolute Gasteiger partial charge is 0.307 e. The van der Waals surface area contributed by atoms with Crippen molar-refractivity contribution in [3.63, 3.8) is 0 Å². The Hall–Kier alpha value is -2.71. The standard InChI is InChI=1S/C18H14BrN3O3S/c1-11(21-22-17(23)14-7-8-16(19)25-14)12-4-2-5-13(10-12)20-18(24)15-6-3-9-26-15/h2-10H,1H3,(H,20,24)(H,22,23). The molecule has 132 valence electrons. The second-order valence-corrected chi connectivity index (χ2v) is 6.98. The summed E-state index contributed by atoms with van der Waals surface area (Å²) in [6.07, 6.45) is 0. The zero-order chi connectivity index (χ0) is 18.5. The van der Waals surface area contributed by atoms with Crippen molar-refractivity contribution in [1.29, 1.82) is 0 Å². The fraction of sp³-hybridized carbons (Fsp3) is 0.0556. The lowest BCUT2D eigenvalue weighted by Crippen LogP contribution is -2.18. The number of hydrogen-bond donors (Lipinski definition) is 2. The summed E-state index contributed by atoms with van der Waals surface area (Å²) in [7, 11) is 0. The average Bonchev–Trinajstić information content (AvgIpc) is 3.31. The summed E-state index contributed by atoms with van der Waals surface area (Å²) >= 11 is 4.52. The minimum absolute atomic E-state index is 0.158. The van der Waals surface area contributed by atoms with E-state index in [0.717, 1.165) is 5.56 Å². The summed E-state index contributed by atoms with van der Waals surface area (Å²) in [6, 6.07) is 14.0. The molecule has 0 saturated heterocycles. The van der Waals surface area contributed by atoms with Crippen molar-refractivity contribution in [1.82, 2.24) is 5.43 Å². The highest BCUT2D eigenvalue weighted by molar-refractivity contribution is 9.10. The molecule has 2 N–H and O–H groups in total. The third-order valence-corrected chi connectivity index (χ3v) is 4.70. The first kappa shape index (κ1) is 18.1. The number of nitrogens with one attached hydrogen (secondary N) is 2. The molecule has 3 aromatic rings. The zero-order valence-corrected chi connectivity index (χ0v) is 16.1. The Balaban J connectivity index is 1.68. The van der Waals surface area contributed by atoms with Gasteiger partial charge in [-0.1, -0.05) is 18.2 Å². The first-order valence-corrected chi connectivity index (χ1v) is 9.25. The van der Waals surface area contributed by atoms with Crippen LogP contribution in [0.4, 0.5) is 5.69 Å². The predicted octanol–water partition coefficient (Wildman–Crippen LogP) is 4.51. The molecule has 1 aromatic carbocycles. The Kier molecular flexibility index (Phi) is 5.65. The van der Waals surface area contributed by atoms with Crippen LogP contribution in [-0.2, 0) is 0 Å². The average molecular weight is 432 g/mol. The van der Waals surface area contributed by atoms with Gasteiger partial charge in [0.15, 0.2) is 10.4 Å². The van der Waals surface area contributed by atoms with Gasteiger partial charge < -0.3 is 9.73 Å². The van der Waals surface area contributed by atoms with Crippen LogP contribution in [0.5, 0.6) is 0 Å². The molecule has 0 aliphatic carbocycles. The molecule has 0 bridgehead atoms. The van der Waals surface area contributed by atoms with Crippen LogP contribution in [0.1, 0.15) is 32.7 Å². The number of amides is 2. The normalized spacial score (nSPS) is 11.2. The van der Waals surface area contributed by atoms with Crippen molar-refractivity contribution in [2.45, 2.75) is 6.92 Å². The van der Waals surface area contributed by atoms with Crippen molar-refractivity contribution in [3.05, 3.63) is 74.8 Å². The highest BCUT2D eigenvalue weighted by Gasteiger charge is 2.10. The van der Waals surface area contributed by atoms with Crippen LogP contribution in [0.25, 0.3) is 0 Å². The van der Waals surface area contributed by atoms with E-state index in [1.165, 1.54) is 11.3 Å². The maximum atomic E-state index is 12.1. The number of carbonyl (C=O) groups is 2. The van der Waals surface area contributed by atoms with E-state index in [9.17, 15) is 9.59 Å². The summed E-state index contributed by atoms with van der Waals surface area (Å²) in [5, 5.41) is 8.77. The number of carbonyl (C=O) groups excluding carboxylic acids is 2. The van der Waals surface area contributed by atoms with Crippen molar-refractivity contribution in [2.75, 3.05) is 5.32 Å². The summed E-state index contributed by atoms with van der Waals surface area (Å²) in [6.45, 7) is 1.76. The van der Waals surface area contributed by atoms with Crippen LogP contribution >= 0.6 is 27.3 Å². The number of thiophene rings is 1. The molecule has 0 aliphatic rings. The molecular formula is C18H14BrN3O3S. The van der Waals surface area contributed by atoms with Gasteiger partial charge >= 0.3 is 5.91 Å². The Morgan fingerprint density at radius 3 is 2.65 bits per heavy atom. The van der Waals surface area contributed by atoms with Gasteiger partial charge in [0.05, 0.1) is 10.6 Å². The van der Waals surface area contributed by atoms with Crippen LogP contribution in [-0.4, -0.2) is 17.5 Å². The van der Waals surface area contributed by atoms with Crippen molar-refractivity contribution in [2.24, 2.45) is 5.10 Å². The number of nitrogens with zero attached hydrogens (tertiary/aromatic N) is 1. The summed E-state index contributed by atoms with van der Waals surface area (Å²) in [4.78, 5) is 24.7. The zero-order valence-electron chi connectivity index (χ0n) is 13.7. The number of halogens is 1. The van der Waals surface area contributed by atoms with Crippen LogP contribution in [0.2, 0.25) is 0 Å². The van der Waals surface area contributed by atoms with Gasteiger partial charge in [0.2, 0.25) is 0 Å². The van der Waals surface area contributed by atoms with E-state index in [0.29, 0.717) is 20.9 Å². The van der Waals surface area contributed by atoms with Crippen LogP contribution < -0.4 is 10.7 Å². The second-order valence-electron chi connectivity index (χ2n) is 5.25. The first-order valence-electron chi connectivity index (χ1n) is 7.58. The topological polar surface area (TPSA) is 83.7 Å². The van der Waals surface area contributed by atoms with Crippen LogP contribution in [0.15, 0.2) is 68.1 Å². The van der Waals surface area contributed by atoms with Gasteiger partial charge in [-0.25, -0.2) is 5.43 Å². The Morgan fingerprint density at radius 1 is 1.12 bits per heavy atom. The van der Waals surface area contributed by atoms with Crippen molar-refractivity contribution >= 4 is 50.5 Å². The molecule has 0 radical (unpaired) electrons. The molecule has 0 atom stereocenters. The molecule has 0 spiro atoms. The Bertz CT molecular complexity index is 964. The molecule has 0 fully saturated rings. The van der Waals surface area contributed by atoms with Crippen LogP contribution in [0, 0.1) is 0 Å². The fourth-order valence-corrected chi connectivity index (χ4v) is 3.04. The van der Waals surface area contributed by atoms with Gasteiger partial charge in [0, 0.05) is 5.69 Å². The quantitative estimate of drug-likeness (QED) is 0.460. The van der Waals surface area contributed by atoms with E-state index in [4.69, 9.17) is 4.42 Å². The van der Waals surface area contributed by atoms with Gasteiger partial charge in [-0.3, -0.25) is 9.59 Å². The van der Waals surface area contributed by atoms with E-state index in [-0.39, 0.29) is 11.7 Å². The molecule has 2 heterocycles. The number of benzene rings is 1. The van der Waals surface area contributed by atoms with Crippen molar-refractivity contribution in [3.8, 4) is 0 Å². The van der Waals surface area contributed by atoms with E-state index >= 15 is 0 Å². The highest BCUT2D eigenvalue weighted by Crippen LogP contribution is 2.16. The third-order valence-electron chi connectivity index (χ3n) is 3.41. The summed E-state index contributed by atoms with van der Waals surface area (Å²) < 4.78 is 5.64. The summed E-state index contributed by atoms with van der Waals surface area (Å²) in [5.41, 5.74) is 4.46. The lowest BCUT2D eigenvalue weighted by Gasteiger charge is -2.07. The molecule has 8 heteroatoms. The van der Waals surface area contributed by atoms with Gasteiger partial charge in [0.25, 0.3) is 5.91 Å². The summed E-state index contributed by atoms with van der Waals surface area (Å²) in [5.74, 6) is -0.453. The number of anilines is 1. The molecule has 2 amide bonds. The third kappa shape index (κ3) is 4.47. The fourth-order valence-electron chi connectivity index (χ4n) is 2.11. The first-order chi connectivity index (χ1) is 12.5. The van der Waals surface area contributed by atoms with Crippen molar-refractivity contribution < 1.29 is 14.0 Å². The monoisotopic (exact) mass is 431 g/mol. The Labute approximate surface area is 162 Å². The lowest BCUT2D eigenvalue weighted by molar-refractivity contribution is 0.0925. The number of furan rings is 1. The van der Waals surface area contributed by atoms with Gasteiger partial charge in [-0.15, -0.1) is 11.3 Å². The highest BCUT2D eigenvalue weighted by atomic mass is 79.9. The number of hydrogen-bond acceptors (Lipinski definition) is 5. The van der Waals surface area contributed by atoms with Gasteiger partial charge in [0.1, 0.15) is 0 Å². The minimum atomic E-state index is -0.447. The molecule has 0 unspecified atom stereocenters. The van der Waals surface area contributed by atoms with E-state index in [1.807, 2.05) is 23.6 Å². The molecule has 3 rings (SSSR count). The van der Waals surface area contributed by atoms with E-state index < -0.39 is 5.91 Å². The molecule has 6 nitrogen and oxygen atoms in total. The maximum absolute atomic E-state index is 12.1. The molecule has 0 saturated carbocycles. The lowest BCUT2D eigenvalue weighted by atomic mass is 10.1. The van der Waals surface area contributed by atoms with Gasteiger partial charge in [-0.2, -0.15) is 5.10 Å². The second kappa shape index (κ2) is 8.11. The Morgan fingerprint density at radius 2 is 1.96 bits per heavy atom. The molecule has 2 aromatic heterocycles. The number of hydrazone groups is 1. The number of rotatable bonds is 5. The van der Waals surface area contributed by atoms with E-state index in [2.05, 4.69) is 31.8 Å². The molecule has 26 heavy (non-hydrogen) atoms. The van der Waals surface area contributed by atoms with Crippen LogP contribution in [0.3, 0.4) is 0 Å². The minimum Gasteiger partial charge on any atom is -0.444 e. The van der Waals surface area contributed by atoms with Gasteiger partial charge in [-0.05, 0) is 64.1 Å². The maximum Gasteiger partial charge on any atom is 0.307 e. The molecule has 0 aliphatic heterocycles. The van der Waals surface area contributed by atoms with E-state index in [1.54, 1.807) is 37.3 Å². The molecular weight excluding hydrogens is 418 g/mol.